The number of amides is 1. The van der Waals surface area contributed by atoms with Crippen LogP contribution in [0.15, 0.2) is 6.07 Å². The maximum absolute atomic E-state index is 12.2. The molecule has 0 bridgehead atoms. The van der Waals surface area contributed by atoms with Crippen molar-refractivity contribution in [1.82, 2.24) is 15.2 Å². The summed E-state index contributed by atoms with van der Waals surface area (Å²) in [6, 6.07) is 1.97. The maximum atomic E-state index is 12.2. The van der Waals surface area contributed by atoms with E-state index in [1.807, 2.05) is 38.9 Å². The zero-order valence-electron chi connectivity index (χ0n) is 12.3. The van der Waals surface area contributed by atoms with E-state index >= 15 is 0 Å². The molecule has 0 spiro atoms. The van der Waals surface area contributed by atoms with E-state index in [4.69, 9.17) is 5.73 Å². The molecule has 2 heterocycles. The molecule has 0 aromatic carbocycles. The molecule has 0 saturated carbocycles. The molecule has 2 aromatic heterocycles. The Bertz CT molecular complexity index is 648. The number of nitrogens with two attached hydrogens (primary N) is 1. The predicted molar refractivity (Wildman–Crippen MR) is 84.4 cm³/mol. The van der Waals surface area contributed by atoms with Crippen LogP contribution in [0.2, 0.25) is 0 Å². The van der Waals surface area contributed by atoms with Crippen molar-refractivity contribution in [3.8, 4) is 0 Å². The van der Waals surface area contributed by atoms with E-state index in [1.165, 1.54) is 11.3 Å². The van der Waals surface area contributed by atoms with Crippen LogP contribution < -0.4 is 11.1 Å². The number of likely N-dealkylation sites (N-methyl/N-ethyl adjacent to an activating group) is 1. The van der Waals surface area contributed by atoms with Gasteiger partial charge in [0, 0.05) is 34.6 Å². The molecule has 3 N–H and O–H groups in total. The van der Waals surface area contributed by atoms with Gasteiger partial charge in [0.15, 0.2) is 0 Å². The van der Waals surface area contributed by atoms with E-state index in [0.29, 0.717) is 17.1 Å². The Morgan fingerprint density at radius 3 is 2.80 bits per heavy atom. The zero-order valence-corrected chi connectivity index (χ0v) is 13.1. The highest BCUT2D eigenvalue weighted by Gasteiger charge is 2.18. The fourth-order valence-electron chi connectivity index (χ4n) is 2.12. The Hall–Kier alpha value is -1.66. The van der Waals surface area contributed by atoms with Gasteiger partial charge < -0.3 is 16.0 Å². The summed E-state index contributed by atoms with van der Waals surface area (Å²) in [5.74, 6) is -0.109. The highest BCUT2D eigenvalue weighted by atomic mass is 32.1. The number of nitrogen functional groups attached to an aromatic ring is 1. The molecule has 0 unspecified atom stereocenters. The van der Waals surface area contributed by atoms with E-state index in [2.05, 4.69) is 10.3 Å². The fraction of sp³-hybridized carbons (Fsp3) is 0.429. The average molecular weight is 292 g/mol. The summed E-state index contributed by atoms with van der Waals surface area (Å²) >= 11 is 1.43. The molecule has 2 rings (SSSR count). The second-order valence-electron chi connectivity index (χ2n) is 5.13. The first-order valence-corrected chi connectivity index (χ1v) is 7.31. The lowest BCUT2D eigenvalue weighted by Gasteiger charge is -2.09. The lowest BCUT2D eigenvalue weighted by Crippen LogP contribution is -2.31. The lowest BCUT2D eigenvalue weighted by molar-refractivity contribution is 0.0956. The van der Waals surface area contributed by atoms with Gasteiger partial charge in [-0.2, -0.15) is 0 Å². The number of carbonyl (C=O) groups is 1. The molecule has 0 saturated heterocycles. The summed E-state index contributed by atoms with van der Waals surface area (Å²) in [7, 11) is 3.94. The number of hydrogen-bond donors (Lipinski definition) is 2. The second kappa shape index (κ2) is 5.76. The van der Waals surface area contributed by atoms with E-state index in [0.717, 1.165) is 28.0 Å². The molecule has 1 amide bonds. The highest BCUT2D eigenvalue weighted by Crippen LogP contribution is 2.35. The molecule has 6 heteroatoms. The van der Waals surface area contributed by atoms with Crippen molar-refractivity contribution < 1.29 is 4.79 Å². The first-order chi connectivity index (χ1) is 9.40. The lowest BCUT2D eigenvalue weighted by atomic mass is 10.2. The van der Waals surface area contributed by atoms with Crippen LogP contribution >= 0.6 is 11.3 Å². The summed E-state index contributed by atoms with van der Waals surface area (Å²) in [5.41, 5.74) is 8.48. The van der Waals surface area contributed by atoms with Gasteiger partial charge in [-0.3, -0.25) is 9.78 Å². The summed E-state index contributed by atoms with van der Waals surface area (Å²) in [5, 5.41) is 3.80. The Morgan fingerprint density at radius 2 is 2.15 bits per heavy atom. The van der Waals surface area contributed by atoms with Gasteiger partial charge >= 0.3 is 0 Å². The molecule has 0 atom stereocenters. The first-order valence-electron chi connectivity index (χ1n) is 6.49. The average Bonchev–Trinajstić information content (AvgIpc) is 2.65. The summed E-state index contributed by atoms with van der Waals surface area (Å²) in [6.45, 7) is 5.28. The number of aryl methyl sites for hydroxylation is 2. The standard InChI is InChI=1S/C14H20N4OS/c1-8-7-10-11(9(2)17-8)12(15)13(20-10)14(19)16-5-6-18(3)4/h7H,5-6,15H2,1-4H3,(H,16,19). The maximum Gasteiger partial charge on any atom is 0.263 e. The van der Waals surface area contributed by atoms with Gasteiger partial charge in [0.1, 0.15) is 4.88 Å². The SMILES string of the molecule is Cc1cc2sc(C(=O)NCCN(C)C)c(N)c2c(C)n1. The fourth-order valence-corrected chi connectivity index (χ4v) is 3.31. The molecule has 108 valence electrons. The summed E-state index contributed by atoms with van der Waals surface area (Å²) in [4.78, 5) is 19.2. The Labute approximate surface area is 122 Å². The number of nitrogens with zero attached hydrogens (tertiary/aromatic N) is 2. The van der Waals surface area contributed by atoms with Crippen molar-refractivity contribution in [2.45, 2.75) is 13.8 Å². The number of carbonyl (C=O) groups excluding carboxylic acids is 1. The number of aromatic nitrogens is 1. The summed E-state index contributed by atoms with van der Waals surface area (Å²) in [6.07, 6.45) is 0. The van der Waals surface area contributed by atoms with Gasteiger partial charge in [-0.15, -0.1) is 11.3 Å². The van der Waals surface area contributed by atoms with Crippen molar-refractivity contribution >= 4 is 33.0 Å². The van der Waals surface area contributed by atoms with Crippen LogP contribution in [-0.4, -0.2) is 43.0 Å². The third kappa shape index (κ3) is 2.91. The van der Waals surface area contributed by atoms with Gasteiger partial charge in [0.05, 0.1) is 5.69 Å². The molecular weight excluding hydrogens is 272 g/mol. The number of nitrogens with one attached hydrogen (secondary N) is 1. The molecule has 0 aliphatic heterocycles. The topological polar surface area (TPSA) is 71.2 Å². The quantitative estimate of drug-likeness (QED) is 0.901. The molecule has 0 aliphatic carbocycles. The molecule has 2 aromatic rings. The monoisotopic (exact) mass is 292 g/mol. The van der Waals surface area contributed by atoms with E-state index in [9.17, 15) is 4.79 Å². The van der Waals surface area contributed by atoms with Gasteiger partial charge in [-0.1, -0.05) is 0 Å². The van der Waals surface area contributed by atoms with Gasteiger partial charge in [-0.25, -0.2) is 0 Å². The molecule has 5 nitrogen and oxygen atoms in total. The van der Waals surface area contributed by atoms with Crippen LogP contribution in [0.3, 0.4) is 0 Å². The van der Waals surface area contributed by atoms with Crippen LogP contribution in [-0.2, 0) is 0 Å². The number of rotatable bonds is 4. The van der Waals surface area contributed by atoms with E-state index in [1.54, 1.807) is 0 Å². The predicted octanol–water partition coefficient (Wildman–Crippen LogP) is 1.79. The third-order valence-electron chi connectivity index (χ3n) is 3.07. The van der Waals surface area contributed by atoms with Gasteiger partial charge in [0.25, 0.3) is 5.91 Å². The second-order valence-corrected chi connectivity index (χ2v) is 6.18. The van der Waals surface area contributed by atoms with Crippen LogP contribution in [0.25, 0.3) is 10.1 Å². The minimum absolute atomic E-state index is 0.109. The Kier molecular flexibility index (Phi) is 4.25. The first kappa shape index (κ1) is 14.7. The van der Waals surface area contributed by atoms with Crippen LogP contribution in [0.5, 0.6) is 0 Å². The third-order valence-corrected chi connectivity index (χ3v) is 4.22. The minimum atomic E-state index is -0.109. The Balaban J connectivity index is 2.29. The van der Waals surface area contributed by atoms with Crippen molar-refractivity contribution in [3.63, 3.8) is 0 Å². The van der Waals surface area contributed by atoms with Crippen molar-refractivity contribution in [2.75, 3.05) is 32.9 Å². The van der Waals surface area contributed by atoms with Gasteiger partial charge in [-0.05, 0) is 34.0 Å². The number of fused-ring (bicyclic) bond motifs is 1. The van der Waals surface area contributed by atoms with E-state index < -0.39 is 0 Å². The van der Waals surface area contributed by atoms with Crippen LogP contribution in [0.4, 0.5) is 5.69 Å². The van der Waals surface area contributed by atoms with E-state index in [-0.39, 0.29) is 5.91 Å². The number of anilines is 1. The van der Waals surface area contributed by atoms with Crippen LogP contribution in [0, 0.1) is 13.8 Å². The number of hydrogen-bond acceptors (Lipinski definition) is 5. The summed E-state index contributed by atoms with van der Waals surface area (Å²) < 4.78 is 1.02. The smallest absolute Gasteiger partial charge is 0.263 e. The zero-order chi connectivity index (χ0) is 14.9. The number of pyridine rings is 1. The number of thiophene rings is 1. The molecule has 20 heavy (non-hydrogen) atoms. The molecule has 0 radical (unpaired) electrons. The molecule has 0 fully saturated rings. The normalized spacial score (nSPS) is 11.2. The highest BCUT2D eigenvalue weighted by molar-refractivity contribution is 7.21. The minimum Gasteiger partial charge on any atom is -0.397 e. The van der Waals surface area contributed by atoms with Crippen molar-refractivity contribution in [1.29, 1.82) is 0 Å². The van der Waals surface area contributed by atoms with Crippen molar-refractivity contribution in [3.05, 3.63) is 22.3 Å². The van der Waals surface area contributed by atoms with Gasteiger partial charge in [0.2, 0.25) is 0 Å². The van der Waals surface area contributed by atoms with Crippen molar-refractivity contribution in [2.24, 2.45) is 0 Å². The Morgan fingerprint density at radius 1 is 1.45 bits per heavy atom. The van der Waals surface area contributed by atoms with Crippen LogP contribution in [0.1, 0.15) is 21.1 Å². The molecular formula is C14H20N4OS. The molecule has 0 aliphatic rings. The largest absolute Gasteiger partial charge is 0.397 e.